The lowest BCUT2D eigenvalue weighted by Crippen LogP contribution is -2.48. The minimum absolute atomic E-state index is 0.0462. The first-order valence-electron chi connectivity index (χ1n) is 10.7. The Morgan fingerprint density at radius 2 is 1.53 bits per heavy atom. The Morgan fingerprint density at radius 1 is 0.938 bits per heavy atom. The SMILES string of the molecule is CC(C)(C)c1ccc(N2CCN(C(=O)/C=C/c3cccc(/C=C/C(=O)NO)n3)CC2)cc1. The van der Waals surface area contributed by atoms with Gasteiger partial charge in [-0.15, -0.1) is 0 Å². The van der Waals surface area contributed by atoms with E-state index in [9.17, 15) is 9.59 Å². The van der Waals surface area contributed by atoms with Crippen LogP contribution in [0.25, 0.3) is 12.2 Å². The highest BCUT2D eigenvalue weighted by Crippen LogP contribution is 2.25. The summed E-state index contributed by atoms with van der Waals surface area (Å²) < 4.78 is 0. The van der Waals surface area contributed by atoms with Crippen molar-refractivity contribution in [3.63, 3.8) is 0 Å². The minimum Gasteiger partial charge on any atom is -0.368 e. The van der Waals surface area contributed by atoms with Gasteiger partial charge in [0.2, 0.25) is 5.91 Å². The Labute approximate surface area is 189 Å². The van der Waals surface area contributed by atoms with E-state index in [2.05, 4.69) is 54.9 Å². The van der Waals surface area contributed by atoms with Crippen LogP contribution in [0.3, 0.4) is 0 Å². The number of aromatic nitrogens is 1. The van der Waals surface area contributed by atoms with E-state index in [0.29, 0.717) is 24.5 Å². The van der Waals surface area contributed by atoms with E-state index in [-0.39, 0.29) is 11.3 Å². The van der Waals surface area contributed by atoms with Gasteiger partial charge in [0.05, 0.1) is 11.4 Å². The molecule has 2 N–H and O–H groups in total. The summed E-state index contributed by atoms with van der Waals surface area (Å²) in [6, 6.07) is 14.0. The number of nitrogens with one attached hydrogen (secondary N) is 1. The van der Waals surface area contributed by atoms with Gasteiger partial charge in [-0.3, -0.25) is 14.8 Å². The number of piperazine rings is 1. The third kappa shape index (κ3) is 6.28. The number of hydrogen-bond donors (Lipinski definition) is 2. The van der Waals surface area contributed by atoms with E-state index in [0.717, 1.165) is 13.1 Å². The Morgan fingerprint density at radius 3 is 2.09 bits per heavy atom. The monoisotopic (exact) mass is 434 g/mol. The van der Waals surface area contributed by atoms with Crippen LogP contribution in [0.1, 0.15) is 37.7 Å². The molecule has 0 bridgehead atoms. The number of rotatable bonds is 5. The molecule has 168 valence electrons. The smallest absolute Gasteiger partial charge is 0.267 e. The van der Waals surface area contributed by atoms with Crippen LogP contribution in [0.4, 0.5) is 5.69 Å². The van der Waals surface area contributed by atoms with Crippen LogP contribution in [-0.2, 0) is 15.0 Å². The lowest BCUT2D eigenvalue weighted by molar-refractivity contribution is -0.126. The van der Waals surface area contributed by atoms with E-state index in [1.165, 1.54) is 35.0 Å². The molecule has 1 aromatic heterocycles. The Bertz CT molecular complexity index is 999. The number of hydrogen-bond acceptors (Lipinski definition) is 5. The summed E-state index contributed by atoms with van der Waals surface area (Å²) >= 11 is 0. The Kier molecular flexibility index (Phi) is 7.43. The van der Waals surface area contributed by atoms with Gasteiger partial charge in [-0.2, -0.15) is 0 Å². The number of pyridine rings is 1. The molecule has 0 aliphatic carbocycles. The zero-order chi connectivity index (χ0) is 23.1. The second-order valence-corrected chi connectivity index (χ2v) is 8.74. The number of hydroxylamine groups is 1. The molecule has 2 aromatic rings. The quantitative estimate of drug-likeness (QED) is 0.429. The number of nitrogens with zero attached hydrogens (tertiary/aromatic N) is 3. The summed E-state index contributed by atoms with van der Waals surface area (Å²) in [4.78, 5) is 32.2. The molecule has 7 nitrogen and oxygen atoms in total. The Hall–Kier alpha value is -3.45. The van der Waals surface area contributed by atoms with E-state index >= 15 is 0 Å². The molecule has 1 aliphatic heterocycles. The number of anilines is 1. The summed E-state index contributed by atoms with van der Waals surface area (Å²) in [5.41, 5.74) is 5.32. The van der Waals surface area contributed by atoms with Crippen molar-refractivity contribution >= 4 is 29.7 Å². The fourth-order valence-electron chi connectivity index (χ4n) is 3.47. The van der Waals surface area contributed by atoms with Crippen molar-refractivity contribution < 1.29 is 14.8 Å². The highest BCUT2D eigenvalue weighted by Gasteiger charge is 2.20. The highest BCUT2D eigenvalue weighted by atomic mass is 16.5. The normalized spacial score (nSPS) is 14.9. The maximum atomic E-state index is 12.6. The van der Waals surface area contributed by atoms with Gasteiger partial charge in [-0.1, -0.05) is 39.0 Å². The van der Waals surface area contributed by atoms with Gasteiger partial charge in [-0.25, -0.2) is 10.5 Å². The van der Waals surface area contributed by atoms with Crippen molar-refractivity contribution in [1.82, 2.24) is 15.4 Å². The van der Waals surface area contributed by atoms with Crippen molar-refractivity contribution in [1.29, 1.82) is 0 Å². The van der Waals surface area contributed by atoms with E-state index in [1.54, 1.807) is 24.3 Å². The predicted molar refractivity (Wildman–Crippen MR) is 126 cm³/mol. The summed E-state index contributed by atoms with van der Waals surface area (Å²) in [7, 11) is 0. The van der Waals surface area contributed by atoms with Crippen molar-refractivity contribution in [3.8, 4) is 0 Å². The van der Waals surface area contributed by atoms with E-state index in [1.807, 2.05) is 4.90 Å². The van der Waals surface area contributed by atoms with Gasteiger partial charge >= 0.3 is 0 Å². The summed E-state index contributed by atoms with van der Waals surface area (Å²) in [5.74, 6) is -0.678. The van der Waals surface area contributed by atoms with E-state index in [4.69, 9.17) is 5.21 Å². The highest BCUT2D eigenvalue weighted by molar-refractivity contribution is 5.92. The zero-order valence-electron chi connectivity index (χ0n) is 18.8. The number of carbonyl (C=O) groups excluding carboxylic acids is 2. The summed E-state index contributed by atoms with van der Waals surface area (Å²) in [5, 5.41) is 8.53. The fraction of sp³-hybridized carbons (Fsp3) is 0.320. The number of amides is 2. The largest absolute Gasteiger partial charge is 0.368 e. The summed E-state index contributed by atoms with van der Waals surface area (Å²) in [6.07, 6.45) is 5.86. The van der Waals surface area contributed by atoms with Gasteiger partial charge < -0.3 is 9.80 Å². The molecule has 0 saturated carbocycles. The van der Waals surface area contributed by atoms with Crippen molar-refractivity contribution in [2.45, 2.75) is 26.2 Å². The molecule has 2 amide bonds. The van der Waals surface area contributed by atoms with Crippen LogP contribution in [0.15, 0.2) is 54.6 Å². The average molecular weight is 435 g/mol. The molecule has 1 fully saturated rings. The average Bonchev–Trinajstić information content (AvgIpc) is 2.81. The maximum Gasteiger partial charge on any atom is 0.267 e. The molecule has 2 heterocycles. The van der Waals surface area contributed by atoms with Crippen LogP contribution < -0.4 is 10.4 Å². The lowest BCUT2D eigenvalue weighted by Gasteiger charge is -2.36. The molecule has 0 atom stereocenters. The second kappa shape index (κ2) is 10.2. The van der Waals surface area contributed by atoms with Crippen molar-refractivity contribution in [2.24, 2.45) is 0 Å². The summed E-state index contributed by atoms with van der Waals surface area (Å²) in [6.45, 7) is 9.53. The van der Waals surface area contributed by atoms with Crippen LogP contribution in [0, 0.1) is 0 Å². The van der Waals surface area contributed by atoms with Crippen LogP contribution in [0.2, 0.25) is 0 Å². The minimum atomic E-state index is -0.632. The molecule has 32 heavy (non-hydrogen) atoms. The predicted octanol–water partition coefficient (Wildman–Crippen LogP) is 3.26. The van der Waals surface area contributed by atoms with Crippen LogP contribution in [-0.4, -0.2) is 53.1 Å². The number of benzene rings is 1. The molecule has 7 heteroatoms. The Balaban J connectivity index is 1.55. The molecule has 0 unspecified atom stereocenters. The molecule has 1 aliphatic rings. The van der Waals surface area contributed by atoms with Gasteiger partial charge in [0, 0.05) is 44.0 Å². The van der Waals surface area contributed by atoms with Gasteiger partial charge in [0.15, 0.2) is 0 Å². The molecule has 1 saturated heterocycles. The molecular weight excluding hydrogens is 404 g/mol. The van der Waals surface area contributed by atoms with Crippen molar-refractivity contribution in [2.75, 3.05) is 31.1 Å². The molecule has 0 radical (unpaired) electrons. The third-order valence-corrected chi connectivity index (χ3v) is 5.39. The maximum absolute atomic E-state index is 12.6. The topological polar surface area (TPSA) is 85.8 Å². The molecule has 3 rings (SSSR count). The third-order valence-electron chi connectivity index (χ3n) is 5.39. The second-order valence-electron chi connectivity index (χ2n) is 8.74. The first kappa shape index (κ1) is 23.2. The van der Waals surface area contributed by atoms with Gasteiger partial charge in [0.25, 0.3) is 5.91 Å². The van der Waals surface area contributed by atoms with Crippen LogP contribution >= 0.6 is 0 Å². The fourth-order valence-corrected chi connectivity index (χ4v) is 3.47. The lowest BCUT2D eigenvalue weighted by atomic mass is 9.87. The molecular formula is C25H30N4O3. The van der Waals surface area contributed by atoms with Gasteiger partial charge in [-0.05, 0) is 47.4 Å². The number of carbonyl (C=O) groups is 2. The van der Waals surface area contributed by atoms with Crippen LogP contribution in [0.5, 0.6) is 0 Å². The van der Waals surface area contributed by atoms with Gasteiger partial charge in [0.1, 0.15) is 0 Å². The standard InChI is InChI=1S/C25H30N4O3/c1-25(2,3)19-7-11-22(12-8-19)28-15-17-29(18-16-28)24(31)14-10-21-6-4-5-20(26-21)9-13-23(30)27-32/h4-14,32H,15-18H2,1-3H3,(H,27,30)/b13-9+,14-10+. The van der Waals surface area contributed by atoms with E-state index < -0.39 is 5.91 Å². The zero-order valence-corrected chi connectivity index (χ0v) is 18.8. The van der Waals surface area contributed by atoms with Crippen molar-refractivity contribution in [3.05, 3.63) is 71.6 Å². The first-order valence-corrected chi connectivity index (χ1v) is 10.7. The first-order chi connectivity index (χ1) is 15.3. The molecule has 1 aromatic carbocycles. The molecule has 0 spiro atoms.